The molecule has 0 radical (unpaired) electrons. The zero-order chi connectivity index (χ0) is 13.2. The second-order valence-corrected chi connectivity index (χ2v) is 4.80. The molecule has 3 N–H and O–H groups in total. The van der Waals surface area contributed by atoms with Crippen LogP contribution < -0.4 is 11.1 Å². The molecule has 0 spiro atoms. The standard InChI is InChI=1S/C12H13ClN2O3/c13-9-4-2-1-3-8(9)11(17)15-10(16)5-12(14)6-18-7-12/h1-4H,5-7,14H2,(H,15,16,17). The van der Waals surface area contributed by atoms with Gasteiger partial charge in [-0.05, 0) is 12.1 Å². The number of rotatable bonds is 3. The van der Waals surface area contributed by atoms with Gasteiger partial charge >= 0.3 is 0 Å². The summed E-state index contributed by atoms with van der Waals surface area (Å²) in [7, 11) is 0. The predicted octanol–water partition coefficient (Wildman–Crippen LogP) is 0.714. The first-order valence-corrected chi connectivity index (χ1v) is 5.83. The smallest absolute Gasteiger partial charge is 0.259 e. The summed E-state index contributed by atoms with van der Waals surface area (Å²) in [6, 6.07) is 6.53. The summed E-state index contributed by atoms with van der Waals surface area (Å²) in [5.74, 6) is -0.944. The fraction of sp³-hybridized carbons (Fsp3) is 0.333. The van der Waals surface area contributed by atoms with Crippen molar-refractivity contribution in [1.29, 1.82) is 0 Å². The average molecular weight is 269 g/mol. The van der Waals surface area contributed by atoms with Gasteiger partial charge in [-0.15, -0.1) is 0 Å². The molecule has 1 aliphatic heterocycles. The molecule has 18 heavy (non-hydrogen) atoms. The average Bonchev–Trinajstić information content (AvgIpc) is 2.27. The van der Waals surface area contributed by atoms with E-state index in [1.807, 2.05) is 0 Å². The van der Waals surface area contributed by atoms with Gasteiger partial charge in [0.1, 0.15) is 0 Å². The Labute approximate surface area is 109 Å². The molecule has 1 aliphatic rings. The monoisotopic (exact) mass is 268 g/mol. The van der Waals surface area contributed by atoms with Crippen LogP contribution in [-0.4, -0.2) is 30.6 Å². The predicted molar refractivity (Wildman–Crippen MR) is 66.3 cm³/mol. The van der Waals surface area contributed by atoms with Crippen molar-refractivity contribution in [2.45, 2.75) is 12.0 Å². The van der Waals surface area contributed by atoms with E-state index in [4.69, 9.17) is 22.1 Å². The number of halogens is 1. The lowest BCUT2D eigenvalue weighted by Crippen LogP contribution is -2.59. The van der Waals surface area contributed by atoms with Crippen LogP contribution in [0, 0.1) is 0 Å². The second kappa shape index (κ2) is 5.06. The van der Waals surface area contributed by atoms with Crippen molar-refractivity contribution in [2.24, 2.45) is 5.73 Å². The minimum Gasteiger partial charge on any atom is -0.377 e. The number of nitrogens with two attached hydrogens (primary N) is 1. The number of nitrogens with one attached hydrogen (secondary N) is 1. The van der Waals surface area contributed by atoms with Crippen LogP contribution in [0.4, 0.5) is 0 Å². The first kappa shape index (κ1) is 13.0. The van der Waals surface area contributed by atoms with Gasteiger partial charge in [0.15, 0.2) is 0 Å². The Hall–Kier alpha value is -1.43. The molecule has 0 atom stereocenters. The molecular formula is C12H13ClN2O3. The normalized spacial score (nSPS) is 16.8. The first-order chi connectivity index (χ1) is 8.50. The van der Waals surface area contributed by atoms with Crippen LogP contribution in [0.1, 0.15) is 16.8 Å². The number of amides is 2. The van der Waals surface area contributed by atoms with Crippen molar-refractivity contribution in [3.05, 3.63) is 34.9 Å². The summed E-state index contributed by atoms with van der Waals surface area (Å²) < 4.78 is 4.94. The van der Waals surface area contributed by atoms with Gasteiger partial charge in [0, 0.05) is 6.42 Å². The van der Waals surface area contributed by atoms with E-state index in [-0.39, 0.29) is 12.0 Å². The highest BCUT2D eigenvalue weighted by molar-refractivity contribution is 6.34. The van der Waals surface area contributed by atoms with Gasteiger partial charge in [-0.2, -0.15) is 0 Å². The summed E-state index contributed by atoms with van der Waals surface area (Å²) in [6.07, 6.45) is 0.0587. The number of carbonyl (C=O) groups is 2. The molecule has 1 saturated heterocycles. The van der Waals surface area contributed by atoms with Gasteiger partial charge in [0.25, 0.3) is 5.91 Å². The van der Waals surface area contributed by atoms with Gasteiger partial charge in [0.05, 0.1) is 29.3 Å². The topological polar surface area (TPSA) is 81.4 Å². The summed E-state index contributed by atoms with van der Waals surface area (Å²) in [5, 5.41) is 2.57. The van der Waals surface area contributed by atoms with Crippen molar-refractivity contribution in [1.82, 2.24) is 5.32 Å². The van der Waals surface area contributed by atoms with Crippen LogP contribution in [0.25, 0.3) is 0 Å². The second-order valence-electron chi connectivity index (χ2n) is 4.39. The molecule has 0 aliphatic carbocycles. The number of hydrogen-bond acceptors (Lipinski definition) is 4. The lowest BCUT2D eigenvalue weighted by atomic mass is 9.94. The molecule has 6 heteroatoms. The Bertz CT molecular complexity index is 486. The van der Waals surface area contributed by atoms with Crippen LogP contribution in [0.2, 0.25) is 5.02 Å². The van der Waals surface area contributed by atoms with E-state index in [2.05, 4.69) is 5.32 Å². The van der Waals surface area contributed by atoms with Gasteiger partial charge in [-0.3, -0.25) is 14.9 Å². The molecule has 0 aromatic heterocycles. The summed E-state index contributed by atoms with van der Waals surface area (Å²) in [6.45, 7) is 0.668. The summed E-state index contributed by atoms with van der Waals surface area (Å²) >= 11 is 5.86. The van der Waals surface area contributed by atoms with Gasteiger partial charge in [0.2, 0.25) is 5.91 Å². The van der Waals surface area contributed by atoms with Crippen molar-refractivity contribution in [3.63, 3.8) is 0 Å². The zero-order valence-corrected chi connectivity index (χ0v) is 10.4. The molecule has 2 amide bonds. The fourth-order valence-electron chi connectivity index (χ4n) is 1.67. The van der Waals surface area contributed by atoms with E-state index < -0.39 is 17.4 Å². The SMILES string of the molecule is NC1(CC(=O)NC(=O)c2ccccc2Cl)COC1. The zero-order valence-electron chi connectivity index (χ0n) is 9.61. The van der Waals surface area contributed by atoms with E-state index in [1.165, 1.54) is 0 Å². The lowest BCUT2D eigenvalue weighted by molar-refractivity contribution is -0.127. The summed E-state index contributed by atoms with van der Waals surface area (Å²) in [5.41, 5.74) is 5.44. The number of ether oxygens (including phenoxy) is 1. The van der Waals surface area contributed by atoms with E-state index in [0.29, 0.717) is 18.2 Å². The molecule has 2 rings (SSSR count). The third kappa shape index (κ3) is 2.87. The maximum Gasteiger partial charge on any atom is 0.259 e. The van der Waals surface area contributed by atoms with Gasteiger partial charge < -0.3 is 10.5 Å². The molecule has 1 fully saturated rings. The van der Waals surface area contributed by atoms with Crippen molar-refractivity contribution in [2.75, 3.05) is 13.2 Å². The molecule has 0 bridgehead atoms. The Balaban J connectivity index is 1.95. The molecule has 1 heterocycles. The maximum atomic E-state index is 11.8. The Morgan fingerprint density at radius 2 is 2.06 bits per heavy atom. The first-order valence-electron chi connectivity index (χ1n) is 5.45. The molecule has 1 aromatic carbocycles. The van der Waals surface area contributed by atoms with Crippen molar-refractivity contribution in [3.8, 4) is 0 Å². The Morgan fingerprint density at radius 3 is 2.61 bits per heavy atom. The maximum absolute atomic E-state index is 11.8. The van der Waals surface area contributed by atoms with Crippen LogP contribution >= 0.6 is 11.6 Å². The van der Waals surface area contributed by atoms with Gasteiger partial charge in [-0.1, -0.05) is 23.7 Å². The molecule has 96 valence electrons. The van der Waals surface area contributed by atoms with E-state index in [0.717, 1.165) is 0 Å². The van der Waals surface area contributed by atoms with E-state index in [9.17, 15) is 9.59 Å². The van der Waals surface area contributed by atoms with Crippen LogP contribution in [0.3, 0.4) is 0 Å². The minimum atomic E-state index is -0.648. The third-order valence-corrected chi connectivity index (χ3v) is 2.99. The van der Waals surface area contributed by atoms with Crippen molar-refractivity contribution < 1.29 is 14.3 Å². The highest BCUT2D eigenvalue weighted by Crippen LogP contribution is 2.18. The van der Waals surface area contributed by atoms with Gasteiger partial charge in [-0.25, -0.2) is 0 Å². The Kier molecular flexibility index (Phi) is 3.65. The number of carbonyl (C=O) groups excluding carboxylic acids is 2. The molecular weight excluding hydrogens is 256 g/mol. The minimum absolute atomic E-state index is 0.0587. The fourth-order valence-corrected chi connectivity index (χ4v) is 1.89. The number of imide groups is 1. The lowest BCUT2D eigenvalue weighted by Gasteiger charge is -2.36. The quantitative estimate of drug-likeness (QED) is 0.846. The number of hydrogen-bond donors (Lipinski definition) is 2. The van der Waals surface area contributed by atoms with Crippen LogP contribution in [0.5, 0.6) is 0 Å². The highest BCUT2D eigenvalue weighted by Gasteiger charge is 2.36. The largest absolute Gasteiger partial charge is 0.377 e. The highest BCUT2D eigenvalue weighted by atomic mass is 35.5. The molecule has 0 unspecified atom stereocenters. The van der Waals surface area contributed by atoms with E-state index in [1.54, 1.807) is 24.3 Å². The summed E-state index contributed by atoms with van der Waals surface area (Å²) in [4.78, 5) is 23.4. The molecule has 0 saturated carbocycles. The Morgan fingerprint density at radius 1 is 1.39 bits per heavy atom. The van der Waals surface area contributed by atoms with E-state index >= 15 is 0 Å². The molecule has 5 nitrogen and oxygen atoms in total. The van der Waals surface area contributed by atoms with Crippen LogP contribution in [0.15, 0.2) is 24.3 Å². The third-order valence-electron chi connectivity index (χ3n) is 2.66. The van der Waals surface area contributed by atoms with Crippen molar-refractivity contribution >= 4 is 23.4 Å². The van der Waals surface area contributed by atoms with Crippen LogP contribution in [-0.2, 0) is 9.53 Å². The number of benzene rings is 1. The molecule has 1 aromatic rings.